The van der Waals surface area contributed by atoms with E-state index in [1.165, 1.54) is 0 Å². The average molecular weight is 215 g/mol. The predicted octanol–water partition coefficient (Wildman–Crippen LogP) is 3.19. The Kier molecular flexibility index (Phi) is 3.05. The van der Waals surface area contributed by atoms with Gasteiger partial charge in [0.05, 0.1) is 7.11 Å². The van der Waals surface area contributed by atoms with E-state index in [1.807, 2.05) is 49.4 Å². The lowest BCUT2D eigenvalue weighted by atomic mass is 10.3. The van der Waals surface area contributed by atoms with Crippen molar-refractivity contribution in [2.75, 3.05) is 7.11 Å². The first-order valence-electron chi connectivity index (χ1n) is 5.04. The molecule has 0 saturated heterocycles. The molecule has 3 nitrogen and oxygen atoms in total. The number of methoxy groups -OCH3 is 1. The van der Waals surface area contributed by atoms with Gasteiger partial charge in [0.15, 0.2) is 11.5 Å². The fourth-order valence-electron chi connectivity index (χ4n) is 1.39. The summed E-state index contributed by atoms with van der Waals surface area (Å²) in [5, 5.41) is 0. The van der Waals surface area contributed by atoms with Crippen LogP contribution in [0.15, 0.2) is 42.5 Å². The van der Waals surface area contributed by atoms with E-state index in [0.29, 0.717) is 17.4 Å². The third kappa shape index (κ3) is 2.31. The molecule has 0 amide bonds. The molecule has 1 aromatic carbocycles. The van der Waals surface area contributed by atoms with Crippen molar-refractivity contribution in [3.63, 3.8) is 0 Å². The molecule has 0 radical (unpaired) electrons. The smallest absolute Gasteiger partial charge is 0.219 e. The number of para-hydroxylation sites is 2. The van der Waals surface area contributed by atoms with Gasteiger partial charge in [-0.1, -0.05) is 18.2 Å². The van der Waals surface area contributed by atoms with Crippen molar-refractivity contribution in [3.05, 3.63) is 48.2 Å². The summed E-state index contributed by atoms with van der Waals surface area (Å²) < 4.78 is 10.8. The minimum Gasteiger partial charge on any atom is -0.493 e. The van der Waals surface area contributed by atoms with Crippen molar-refractivity contribution >= 4 is 0 Å². The van der Waals surface area contributed by atoms with Crippen LogP contribution < -0.4 is 9.47 Å². The molecule has 82 valence electrons. The van der Waals surface area contributed by atoms with Gasteiger partial charge in [0.25, 0.3) is 0 Å². The zero-order valence-corrected chi connectivity index (χ0v) is 9.31. The standard InChI is InChI=1S/C13H13NO2/c1-10-6-5-9-13(14-10)16-12-8-4-3-7-11(12)15-2/h3-9H,1-2H3. The summed E-state index contributed by atoms with van der Waals surface area (Å²) in [5.41, 5.74) is 0.924. The highest BCUT2D eigenvalue weighted by atomic mass is 16.5. The Morgan fingerprint density at radius 1 is 0.938 bits per heavy atom. The number of hydrogen-bond acceptors (Lipinski definition) is 3. The zero-order valence-electron chi connectivity index (χ0n) is 9.31. The van der Waals surface area contributed by atoms with Gasteiger partial charge in [-0.25, -0.2) is 4.98 Å². The lowest BCUT2D eigenvalue weighted by Gasteiger charge is -2.09. The molecule has 0 fully saturated rings. The maximum absolute atomic E-state index is 5.65. The molecule has 2 aromatic rings. The highest BCUT2D eigenvalue weighted by Gasteiger charge is 2.04. The quantitative estimate of drug-likeness (QED) is 0.787. The van der Waals surface area contributed by atoms with Crippen LogP contribution in [0.5, 0.6) is 17.4 Å². The molecule has 2 rings (SSSR count). The molecule has 0 atom stereocenters. The Balaban J connectivity index is 2.26. The van der Waals surface area contributed by atoms with Crippen molar-refractivity contribution < 1.29 is 9.47 Å². The molecule has 3 heteroatoms. The van der Waals surface area contributed by atoms with Crippen molar-refractivity contribution in [2.45, 2.75) is 6.92 Å². The molecule has 0 bridgehead atoms. The van der Waals surface area contributed by atoms with E-state index in [9.17, 15) is 0 Å². The summed E-state index contributed by atoms with van der Waals surface area (Å²) in [6.07, 6.45) is 0. The number of aryl methyl sites for hydroxylation is 1. The van der Waals surface area contributed by atoms with Crippen molar-refractivity contribution in [2.24, 2.45) is 0 Å². The monoisotopic (exact) mass is 215 g/mol. The van der Waals surface area contributed by atoms with Gasteiger partial charge in [-0.2, -0.15) is 0 Å². The van der Waals surface area contributed by atoms with Crippen molar-refractivity contribution in [1.29, 1.82) is 0 Å². The first kappa shape index (κ1) is 10.5. The highest BCUT2D eigenvalue weighted by Crippen LogP contribution is 2.29. The van der Waals surface area contributed by atoms with Gasteiger partial charge < -0.3 is 9.47 Å². The van der Waals surface area contributed by atoms with Crippen LogP contribution in [-0.2, 0) is 0 Å². The summed E-state index contributed by atoms with van der Waals surface area (Å²) in [4.78, 5) is 4.27. The first-order valence-corrected chi connectivity index (χ1v) is 5.04. The predicted molar refractivity (Wildman–Crippen MR) is 62.0 cm³/mol. The van der Waals surface area contributed by atoms with E-state index in [4.69, 9.17) is 9.47 Å². The molecular formula is C13H13NO2. The third-order valence-electron chi connectivity index (χ3n) is 2.15. The Bertz CT molecular complexity index is 483. The third-order valence-corrected chi connectivity index (χ3v) is 2.15. The molecule has 0 aliphatic rings. The Morgan fingerprint density at radius 2 is 1.69 bits per heavy atom. The number of ether oxygens (including phenoxy) is 2. The maximum atomic E-state index is 5.65. The molecule has 1 aromatic heterocycles. The molecule has 0 unspecified atom stereocenters. The van der Waals surface area contributed by atoms with E-state index in [2.05, 4.69) is 4.98 Å². The number of aromatic nitrogens is 1. The van der Waals surface area contributed by atoms with Crippen LogP contribution in [0.25, 0.3) is 0 Å². The van der Waals surface area contributed by atoms with Gasteiger partial charge in [-0.05, 0) is 25.1 Å². The SMILES string of the molecule is COc1ccccc1Oc1cccc(C)n1. The Morgan fingerprint density at radius 3 is 2.38 bits per heavy atom. The van der Waals surface area contributed by atoms with Crippen LogP contribution in [0.2, 0.25) is 0 Å². The van der Waals surface area contributed by atoms with Gasteiger partial charge >= 0.3 is 0 Å². The Hall–Kier alpha value is -2.03. The summed E-state index contributed by atoms with van der Waals surface area (Å²) in [7, 11) is 1.62. The molecule has 0 spiro atoms. The maximum Gasteiger partial charge on any atom is 0.219 e. The number of nitrogens with zero attached hydrogens (tertiary/aromatic N) is 1. The van der Waals surface area contributed by atoms with Crippen LogP contribution in [0, 0.1) is 6.92 Å². The van der Waals surface area contributed by atoms with E-state index >= 15 is 0 Å². The number of rotatable bonds is 3. The fraction of sp³-hybridized carbons (Fsp3) is 0.154. The molecule has 1 heterocycles. The first-order chi connectivity index (χ1) is 7.79. The molecular weight excluding hydrogens is 202 g/mol. The van der Waals surface area contributed by atoms with Gasteiger partial charge in [0, 0.05) is 11.8 Å². The number of hydrogen-bond donors (Lipinski definition) is 0. The fourth-order valence-corrected chi connectivity index (χ4v) is 1.39. The van der Waals surface area contributed by atoms with E-state index in [1.54, 1.807) is 7.11 Å². The topological polar surface area (TPSA) is 31.4 Å². The van der Waals surface area contributed by atoms with Gasteiger partial charge in [0.2, 0.25) is 5.88 Å². The highest BCUT2D eigenvalue weighted by molar-refractivity contribution is 5.41. The lowest BCUT2D eigenvalue weighted by molar-refractivity contribution is 0.374. The minimum atomic E-state index is 0.574. The van der Waals surface area contributed by atoms with E-state index in [-0.39, 0.29) is 0 Å². The average Bonchev–Trinajstić information content (AvgIpc) is 2.30. The van der Waals surface area contributed by atoms with Crippen LogP contribution in [0.1, 0.15) is 5.69 Å². The normalized spacial score (nSPS) is 9.88. The van der Waals surface area contributed by atoms with Crippen LogP contribution in [-0.4, -0.2) is 12.1 Å². The summed E-state index contributed by atoms with van der Waals surface area (Å²) in [6.45, 7) is 1.93. The number of benzene rings is 1. The summed E-state index contributed by atoms with van der Waals surface area (Å²) >= 11 is 0. The molecule has 0 aliphatic carbocycles. The van der Waals surface area contributed by atoms with Gasteiger partial charge in [-0.15, -0.1) is 0 Å². The molecule has 16 heavy (non-hydrogen) atoms. The molecule has 0 aliphatic heterocycles. The van der Waals surface area contributed by atoms with Crippen molar-refractivity contribution in [1.82, 2.24) is 4.98 Å². The molecule has 0 N–H and O–H groups in total. The van der Waals surface area contributed by atoms with Crippen LogP contribution >= 0.6 is 0 Å². The molecule has 0 saturated carbocycles. The lowest BCUT2D eigenvalue weighted by Crippen LogP contribution is -1.92. The zero-order chi connectivity index (χ0) is 11.4. The number of pyridine rings is 1. The van der Waals surface area contributed by atoms with Crippen LogP contribution in [0.4, 0.5) is 0 Å². The second-order valence-corrected chi connectivity index (χ2v) is 3.37. The summed E-state index contributed by atoms with van der Waals surface area (Å²) in [6, 6.07) is 13.2. The minimum absolute atomic E-state index is 0.574. The second kappa shape index (κ2) is 4.66. The second-order valence-electron chi connectivity index (χ2n) is 3.37. The Labute approximate surface area is 94.7 Å². The van der Waals surface area contributed by atoms with Gasteiger partial charge in [0.1, 0.15) is 0 Å². The van der Waals surface area contributed by atoms with Crippen molar-refractivity contribution in [3.8, 4) is 17.4 Å². The largest absolute Gasteiger partial charge is 0.493 e. The van der Waals surface area contributed by atoms with Gasteiger partial charge in [-0.3, -0.25) is 0 Å². The van der Waals surface area contributed by atoms with E-state index < -0.39 is 0 Å². The van der Waals surface area contributed by atoms with Crippen LogP contribution in [0.3, 0.4) is 0 Å². The summed E-state index contributed by atoms with van der Waals surface area (Å²) in [5.74, 6) is 1.94. The van der Waals surface area contributed by atoms with E-state index in [0.717, 1.165) is 5.69 Å².